The van der Waals surface area contributed by atoms with Gasteiger partial charge in [0.1, 0.15) is 28.7 Å². The highest BCUT2D eigenvalue weighted by Crippen LogP contribution is 2.38. The zero-order valence-corrected chi connectivity index (χ0v) is 20.8. The van der Waals surface area contributed by atoms with Crippen molar-refractivity contribution in [1.29, 1.82) is 0 Å². The number of anilines is 4. The number of benzene rings is 2. The Morgan fingerprint density at radius 2 is 1.79 bits per heavy atom. The summed E-state index contributed by atoms with van der Waals surface area (Å²) in [6, 6.07) is 10.4. The summed E-state index contributed by atoms with van der Waals surface area (Å²) >= 11 is 0. The molecule has 9 nitrogen and oxygen atoms in total. The van der Waals surface area contributed by atoms with Gasteiger partial charge in [-0.25, -0.2) is 9.18 Å². The van der Waals surface area contributed by atoms with E-state index in [1.807, 2.05) is 6.92 Å². The lowest BCUT2D eigenvalue weighted by atomic mass is 10.1. The van der Waals surface area contributed by atoms with E-state index in [4.69, 9.17) is 4.42 Å². The van der Waals surface area contributed by atoms with Gasteiger partial charge in [0.05, 0.1) is 35.1 Å². The van der Waals surface area contributed by atoms with E-state index in [0.29, 0.717) is 23.5 Å². The van der Waals surface area contributed by atoms with Gasteiger partial charge in [0.2, 0.25) is 0 Å². The third-order valence-electron chi connectivity index (χ3n) is 6.69. The Bertz CT molecular complexity index is 1680. The number of carbonyl (C=O) groups excluding carboxylic acids is 1. The average Bonchev–Trinajstić information content (AvgIpc) is 3.47. The van der Waals surface area contributed by atoms with Gasteiger partial charge in [-0.15, -0.1) is 0 Å². The predicted molar refractivity (Wildman–Crippen MR) is 140 cm³/mol. The van der Waals surface area contributed by atoms with Crippen molar-refractivity contribution in [2.45, 2.75) is 39.8 Å². The maximum atomic E-state index is 15.1. The molecule has 0 aliphatic carbocycles. The molecule has 0 saturated carbocycles. The molecule has 3 aromatic carbocycles. The summed E-state index contributed by atoms with van der Waals surface area (Å²) in [6.07, 6.45) is 0.538. The second-order valence-corrected chi connectivity index (χ2v) is 9.26. The van der Waals surface area contributed by atoms with Crippen LogP contribution in [0.1, 0.15) is 62.7 Å². The van der Waals surface area contributed by atoms with Gasteiger partial charge in [-0.2, -0.15) is 0 Å². The SMILES string of the molecule is CC[C@@H](Nc1c(Nc2c(F)ccc3c2C(=O)N(c2cc(C)ccc2C(=O)O)C3)c(=O)c1=O)c1ccc(C)o1. The van der Waals surface area contributed by atoms with Gasteiger partial charge in [-0.05, 0) is 61.7 Å². The first-order valence-electron chi connectivity index (χ1n) is 12.0. The molecule has 3 N–H and O–H groups in total. The van der Waals surface area contributed by atoms with Crippen molar-refractivity contribution < 1.29 is 23.5 Å². The van der Waals surface area contributed by atoms with Gasteiger partial charge in [-0.1, -0.05) is 19.1 Å². The van der Waals surface area contributed by atoms with Gasteiger partial charge in [0, 0.05) is 0 Å². The molecule has 38 heavy (non-hydrogen) atoms. The summed E-state index contributed by atoms with van der Waals surface area (Å²) in [7, 11) is 0. The number of nitrogens with one attached hydrogen (secondary N) is 2. The number of hydrogen-bond acceptors (Lipinski definition) is 7. The summed E-state index contributed by atoms with van der Waals surface area (Å²) in [6.45, 7) is 5.44. The number of carboxylic acid groups (broad SMARTS) is 1. The molecule has 4 aromatic rings. The van der Waals surface area contributed by atoms with Crippen molar-refractivity contribution in [2.24, 2.45) is 0 Å². The molecule has 1 amide bonds. The molecule has 0 fully saturated rings. The molecule has 1 aromatic heterocycles. The van der Waals surface area contributed by atoms with Gasteiger partial charge >= 0.3 is 5.97 Å². The van der Waals surface area contributed by atoms with Crippen LogP contribution in [-0.4, -0.2) is 17.0 Å². The van der Waals surface area contributed by atoms with E-state index in [9.17, 15) is 24.3 Å². The van der Waals surface area contributed by atoms with Crippen molar-refractivity contribution in [3.63, 3.8) is 0 Å². The van der Waals surface area contributed by atoms with E-state index < -0.39 is 34.6 Å². The molecule has 5 rings (SSSR count). The number of carbonyl (C=O) groups is 2. The lowest BCUT2D eigenvalue weighted by Crippen LogP contribution is -2.37. The first-order chi connectivity index (χ1) is 18.1. The van der Waals surface area contributed by atoms with Crippen molar-refractivity contribution in [3.05, 3.63) is 103 Å². The minimum atomic E-state index is -1.20. The third kappa shape index (κ3) is 4.03. The van der Waals surface area contributed by atoms with E-state index in [2.05, 4.69) is 10.6 Å². The van der Waals surface area contributed by atoms with Crippen LogP contribution in [0.5, 0.6) is 0 Å². The molecule has 0 saturated heterocycles. The van der Waals surface area contributed by atoms with Crippen LogP contribution in [0.15, 0.2) is 56.5 Å². The Morgan fingerprint density at radius 1 is 1.05 bits per heavy atom. The van der Waals surface area contributed by atoms with Crippen LogP contribution in [-0.2, 0) is 6.54 Å². The molecule has 194 valence electrons. The predicted octanol–water partition coefficient (Wildman–Crippen LogP) is 4.80. The molecule has 2 heterocycles. The summed E-state index contributed by atoms with van der Waals surface area (Å²) in [5, 5.41) is 15.3. The standard InChI is InChI=1S/C28H24FN3O6/c1-4-18(20-10-6-14(3)38-20)30-23-24(26(34)25(23)33)31-22-17(29)9-7-15-12-32(27(35)21(15)22)19-11-13(2)5-8-16(19)28(36)37/h5-11,18,30-31H,4,12H2,1-3H3,(H,36,37)/t18-/m1/s1. The monoisotopic (exact) mass is 517 g/mol. The van der Waals surface area contributed by atoms with Crippen molar-refractivity contribution in [3.8, 4) is 0 Å². The summed E-state index contributed by atoms with van der Waals surface area (Å²) in [4.78, 5) is 51.5. The quantitative estimate of drug-likeness (QED) is 0.285. The normalized spacial score (nSPS) is 13.6. The fraction of sp³-hybridized carbons (Fsp3) is 0.214. The van der Waals surface area contributed by atoms with E-state index in [-0.39, 0.29) is 40.4 Å². The molecular formula is C28H24FN3O6. The van der Waals surface area contributed by atoms with Crippen LogP contribution in [0.3, 0.4) is 0 Å². The summed E-state index contributed by atoms with van der Waals surface area (Å²) < 4.78 is 20.8. The van der Waals surface area contributed by atoms with Crippen LogP contribution in [0.25, 0.3) is 0 Å². The zero-order chi connectivity index (χ0) is 27.3. The number of furan rings is 1. The second-order valence-electron chi connectivity index (χ2n) is 9.26. The van der Waals surface area contributed by atoms with Crippen molar-refractivity contribution in [2.75, 3.05) is 15.5 Å². The third-order valence-corrected chi connectivity index (χ3v) is 6.69. The number of rotatable bonds is 8. The number of halogens is 1. The lowest BCUT2D eigenvalue weighted by molar-refractivity contribution is 0.0697. The van der Waals surface area contributed by atoms with Crippen LogP contribution in [0.4, 0.5) is 27.1 Å². The zero-order valence-electron chi connectivity index (χ0n) is 20.8. The maximum Gasteiger partial charge on any atom is 0.337 e. The van der Waals surface area contributed by atoms with Crippen molar-refractivity contribution >= 4 is 34.6 Å². The molecular weight excluding hydrogens is 493 g/mol. The second kappa shape index (κ2) is 9.29. The minimum absolute atomic E-state index is 0.0135. The lowest BCUT2D eigenvalue weighted by Gasteiger charge is -2.21. The summed E-state index contributed by atoms with van der Waals surface area (Å²) in [5.74, 6) is -1.36. The molecule has 0 radical (unpaired) electrons. The highest BCUT2D eigenvalue weighted by Gasteiger charge is 2.36. The largest absolute Gasteiger partial charge is 0.478 e. The molecule has 10 heteroatoms. The number of carboxylic acids is 1. The van der Waals surface area contributed by atoms with Gasteiger partial charge in [0.15, 0.2) is 0 Å². The first kappa shape index (κ1) is 24.9. The van der Waals surface area contributed by atoms with Crippen LogP contribution >= 0.6 is 0 Å². The maximum absolute atomic E-state index is 15.1. The number of nitrogens with zero attached hydrogens (tertiary/aromatic N) is 1. The Kier molecular flexibility index (Phi) is 6.10. The topological polar surface area (TPSA) is 129 Å². The fourth-order valence-electron chi connectivity index (χ4n) is 4.70. The van der Waals surface area contributed by atoms with Gasteiger partial charge in [-0.3, -0.25) is 14.4 Å². The molecule has 1 aliphatic heterocycles. The van der Waals surface area contributed by atoms with E-state index in [1.54, 1.807) is 38.1 Å². The summed E-state index contributed by atoms with van der Waals surface area (Å²) in [5.41, 5.74) is -0.769. The Hall–Kier alpha value is -4.73. The van der Waals surface area contributed by atoms with Gasteiger partial charge in [0.25, 0.3) is 16.8 Å². The number of hydrogen-bond donors (Lipinski definition) is 3. The molecule has 1 aliphatic rings. The molecule has 0 spiro atoms. The van der Waals surface area contributed by atoms with E-state index in [1.165, 1.54) is 17.0 Å². The van der Waals surface area contributed by atoms with E-state index in [0.717, 1.165) is 11.6 Å². The molecule has 1 atom stereocenters. The molecule has 0 unspecified atom stereocenters. The minimum Gasteiger partial charge on any atom is -0.478 e. The highest BCUT2D eigenvalue weighted by atomic mass is 19.1. The fourth-order valence-corrected chi connectivity index (χ4v) is 4.70. The number of aromatic carboxylic acids is 1. The van der Waals surface area contributed by atoms with Gasteiger partial charge < -0.3 is 25.1 Å². The Morgan fingerprint density at radius 3 is 2.45 bits per heavy atom. The number of aryl methyl sites for hydroxylation is 2. The Balaban J connectivity index is 1.51. The number of amides is 1. The average molecular weight is 518 g/mol. The first-order valence-corrected chi connectivity index (χ1v) is 12.0. The highest BCUT2D eigenvalue weighted by molar-refractivity contribution is 6.16. The van der Waals surface area contributed by atoms with Crippen LogP contribution in [0, 0.1) is 19.7 Å². The smallest absolute Gasteiger partial charge is 0.337 e. The molecule has 0 bridgehead atoms. The van der Waals surface area contributed by atoms with Crippen LogP contribution < -0.4 is 26.4 Å². The Labute approximate surface area is 216 Å². The van der Waals surface area contributed by atoms with E-state index >= 15 is 4.39 Å². The van der Waals surface area contributed by atoms with Crippen molar-refractivity contribution in [1.82, 2.24) is 0 Å². The van der Waals surface area contributed by atoms with Crippen LogP contribution in [0.2, 0.25) is 0 Å². The number of fused-ring (bicyclic) bond motifs is 1.